The number of rotatable bonds is 6. The number of hydrogen-bond acceptors (Lipinski definition) is 6. The Morgan fingerprint density at radius 2 is 1.84 bits per heavy atom. The second kappa shape index (κ2) is 11.3. The summed E-state index contributed by atoms with van der Waals surface area (Å²) in [5, 5.41) is 0.943. The summed E-state index contributed by atoms with van der Waals surface area (Å²) in [6.45, 7) is 1.95. The van der Waals surface area contributed by atoms with Crippen LogP contribution in [0.3, 0.4) is 0 Å². The fourth-order valence-corrected chi connectivity index (χ4v) is 6.16. The van der Waals surface area contributed by atoms with Crippen LogP contribution >= 0.6 is 46.3 Å². The molecule has 1 aliphatic rings. The van der Waals surface area contributed by atoms with Crippen LogP contribution in [0.25, 0.3) is 11.8 Å². The van der Waals surface area contributed by atoms with E-state index in [1.165, 1.54) is 11.3 Å². The fraction of sp³-hybridized carbons (Fsp3) is 0.138. The van der Waals surface area contributed by atoms with Crippen molar-refractivity contribution in [3.63, 3.8) is 0 Å². The number of halogens is 2. The average molecular weight is 582 g/mol. The van der Waals surface area contributed by atoms with Crippen LogP contribution in [-0.4, -0.2) is 23.4 Å². The maximum absolute atomic E-state index is 13.9. The number of thiazole rings is 1. The number of hydrogen-bond donors (Lipinski definition) is 0. The van der Waals surface area contributed by atoms with E-state index >= 15 is 0 Å². The number of esters is 1. The Bertz CT molecular complexity index is 1730. The molecule has 9 heteroatoms. The number of ether oxygens (including phenoxy) is 1. The van der Waals surface area contributed by atoms with Gasteiger partial charge < -0.3 is 4.74 Å². The topological polar surface area (TPSA) is 60.7 Å². The third kappa shape index (κ3) is 5.12. The molecule has 38 heavy (non-hydrogen) atoms. The van der Waals surface area contributed by atoms with Crippen LogP contribution < -0.4 is 14.9 Å². The Morgan fingerprint density at radius 1 is 1.11 bits per heavy atom. The van der Waals surface area contributed by atoms with Crippen LogP contribution in [0.1, 0.15) is 29.7 Å². The van der Waals surface area contributed by atoms with Crippen molar-refractivity contribution in [1.29, 1.82) is 0 Å². The van der Waals surface area contributed by atoms with Gasteiger partial charge in [-0.05, 0) is 54.6 Å². The maximum atomic E-state index is 13.9. The van der Waals surface area contributed by atoms with Crippen molar-refractivity contribution in [2.24, 2.45) is 4.99 Å². The van der Waals surface area contributed by atoms with Crippen molar-refractivity contribution in [2.75, 3.05) is 12.9 Å². The zero-order valence-electron chi connectivity index (χ0n) is 20.5. The normalized spacial score (nSPS) is 15.3. The van der Waals surface area contributed by atoms with Crippen LogP contribution in [-0.2, 0) is 9.53 Å². The van der Waals surface area contributed by atoms with Crippen LogP contribution in [0.15, 0.2) is 93.1 Å². The van der Waals surface area contributed by atoms with Crippen LogP contribution in [0.4, 0.5) is 0 Å². The van der Waals surface area contributed by atoms with E-state index in [-0.39, 0.29) is 12.2 Å². The van der Waals surface area contributed by atoms with E-state index in [0.29, 0.717) is 36.2 Å². The summed E-state index contributed by atoms with van der Waals surface area (Å²) in [5.41, 5.74) is 2.74. The van der Waals surface area contributed by atoms with Gasteiger partial charge in [-0.3, -0.25) is 9.36 Å². The quantitative estimate of drug-likeness (QED) is 0.208. The summed E-state index contributed by atoms with van der Waals surface area (Å²) in [5.74, 6) is -0.510. The minimum atomic E-state index is -0.723. The molecule has 0 spiro atoms. The van der Waals surface area contributed by atoms with Gasteiger partial charge in [0.05, 0.1) is 28.5 Å². The van der Waals surface area contributed by atoms with E-state index < -0.39 is 12.0 Å². The molecule has 192 valence electrons. The van der Waals surface area contributed by atoms with Gasteiger partial charge in [0.15, 0.2) is 4.80 Å². The molecule has 5 nitrogen and oxygen atoms in total. The summed E-state index contributed by atoms with van der Waals surface area (Å²) in [6, 6.07) is 21.7. The number of benzene rings is 3. The van der Waals surface area contributed by atoms with E-state index in [1.807, 2.05) is 60.9 Å². The van der Waals surface area contributed by atoms with Gasteiger partial charge in [-0.1, -0.05) is 83.1 Å². The molecule has 4 aromatic rings. The van der Waals surface area contributed by atoms with E-state index in [2.05, 4.69) is 0 Å². The molecule has 1 atom stereocenters. The van der Waals surface area contributed by atoms with Crippen LogP contribution in [0.5, 0.6) is 0 Å². The highest BCUT2D eigenvalue weighted by Crippen LogP contribution is 2.35. The molecule has 0 unspecified atom stereocenters. The lowest BCUT2D eigenvalue weighted by atomic mass is 9.93. The minimum Gasteiger partial charge on any atom is -0.463 e. The van der Waals surface area contributed by atoms with Gasteiger partial charge in [-0.15, -0.1) is 11.8 Å². The van der Waals surface area contributed by atoms with Crippen LogP contribution in [0.2, 0.25) is 10.0 Å². The Balaban J connectivity index is 1.82. The highest BCUT2D eigenvalue weighted by Gasteiger charge is 2.35. The van der Waals surface area contributed by atoms with E-state index in [1.54, 1.807) is 47.5 Å². The standard InChI is InChI=1S/C29H22Cl2N2O3S2/c1-3-36-28(35)24-25(17-7-5-4-6-8-17)32-29-33(26(24)18-10-13-21(37-2)14-11-18)27(34)23(38-29)15-19-9-12-20(30)16-22(19)31/h4-16,26H,3H2,1-2H3/b23-15-/t26-/m0/s1. The van der Waals surface area contributed by atoms with Gasteiger partial charge in [0.25, 0.3) is 5.56 Å². The monoisotopic (exact) mass is 580 g/mol. The predicted octanol–water partition coefficient (Wildman–Crippen LogP) is 5.96. The Hall–Kier alpha value is -3.10. The SMILES string of the molecule is CCOC(=O)C1=C(c2ccccc2)N=c2s/c(=C\c3ccc(Cl)cc3Cl)c(=O)n2[C@H]1c1ccc(SC)cc1. The van der Waals surface area contributed by atoms with Crippen molar-refractivity contribution < 1.29 is 9.53 Å². The zero-order chi connectivity index (χ0) is 26.8. The second-order valence-corrected chi connectivity index (χ2v) is 11.1. The molecular weight excluding hydrogens is 559 g/mol. The minimum absolute atomic E-state index is 0.196. The molecule has 0 saturated heterocycles. The number of nitrogens with zero attached hydrogens (tertiary/aromatic N) is 2. The zero-order valence-corrected chi connectivity index (χ0v) is 23.6. The van der Waals surface area contributed by atoms with E-state index in [0.717, 1.165) is 16.0 Å². The molecule has 0 N–H and O–H groups in total. The molecule has 5 rings (SSSR count). The third-order valence-electron chi connectivity index (χ3n) is 6.05. The Labute approximate surface area is 237 Å². The lowest BCUT2D eigenvalue weighted by Crippen LogP contribution is -2.40. The lowest BCUT2D eigenvalue weighted by molar-refractivity contribution is -0.138. The Morgan fingerprint density at radius 3 is 2.50 bits per heavy atom. The van der Waals surface area contributed by atoms with Crippen LogP contribution in [0, 0.1) is 0 Å². The molecule has 0 aliphatic carbocycles. The molecular formula is C29H22Cl2N2O3S2. The summed E-state index contributed by atoms with van der Waals surface area (Å²) in [4.78, 5) is 33.8. The van der Waals surface area contributed by atoms with Gasteiger partial charge in [-0.2, -0.15) is 0 Å². The van der Waals surface area contributed by atoms with Crippen molar-refractivity contribution >= 4 is 64.0 Å². The summed E-state index contributed by atoms with van der Waals surface area (Å²) in [7, 11) is 0. The number of aromatic nitrogens is 1. The van der Waals surface area contributed by atoms with E-state index in [4.69, 9.17) is 32.9 Å². The first-order valence-electron chi connectivity index (χ1n) is 11.8. The summed E-state index contributed by atoms with van der Waals surface area (Å²) < 4.78 is 7.52. The number of carbonyl (C=O) groups is 1. The second-order valence-electron chi connectivity index (χ2n) is 8.37. The smallest absolute Gasteiger partial charge is 0.338 e. The fourth-order valence-electron chi connectivity index (χ4n) is 4.30. The molecule has 0 bridgehead atoms. The van der Waals surface area contributed by atoms with E-state index in [9.17, 15) is 9.59 Å². The maximum Gasteiger partial charge on any atom is 0.338 e. The molecule has 1 aliphatic heterocycles. The molecule has 0 amide bonds. The van der Waals surface area contributed by atoms with Crippen molar-refractivity contribution in [3.8, 4) is 0 Å². The average Bonchev–Trinajstić information content (AvgIpc) is 3.24. The highest BCUT2D eigenvalue weighted by atomic mass is 35.5. The highest BCUT2D eigenvalue weighted by molar-refractivity contribution is 7.98. The van der Waals surface area contributed by atoms with Gasteiger partial charge >= 0.3 is 5.97 Å². The number of fused-ring (bicyclic) bond motifs is 1. The molecule has 0 saturated carbocycles. The predicted molar refractivity (Wildman–Crippen MR) is 156 cm³/mol. The molecule has 1 aromatic heterocycles. The third-order valence-corrected chi connectivity index (χ3v) is 8.34. The van der Waals surface area contributed by atoms with Crippen molar-refractivity contribution in [3.05, 3.63) is 125 Å². The van der Waals surface area contributed by atoms with Gasteiger partial charge in [0.1, 0.15) is 0 Å². The first kappa shape index (κ1) is 26.5. The van der Waals surface area contributed by atoms with Gasteiger partial charge in [-0.25, -0.2) is 9.79 Å². The number of carbonyl (C=O) groups excluding carboxylic acids is 1. The lowest BCUT2D eigenvalue weighted by Gasteiger charge is -2.26. The first-order chi connectivity index (χ1) is 18.4. The molecule has 0 fully saturated rings. The van der Waals surface area contributed by atoms with Crippen molar-refractivity contribution in [1.82, 2.24) is 4.57 Å². The summed E-state index contributed by atoms with van der Waals surface area (Å²) >= 11 is 15.3. The molecule has 0 radical (unpaired) electrons. The molecule has 2 heterocycles. The number of thioether (sulfide) groups is 1. The van der Waals surface area contributed by atoms with Gasteiger partial charge in [0.2, 0.25) is 0 Å². The molecule has 3 aromatic carbocycles. The largest absolute Gasteiger partial charge is 0.463 e. The van der Waals surface area contributed by atoms with Gasteiger partial charge in [0, 0.05) is 20.5 Å². The van der Waals surface area contributed by atoms with Crippen molar-refractivity contribution in [2.45, 2.75) is 17.9 Å². The summed E-state index contributed by atoms with van der Waals surface area (Å²) in [6.07, 6.45) is 3.73. The Kier molecular flexibility index (Phi) is 7.91. The first-order valence-corrected chi connectivity index (χ1v) is 14.6.